The number of amides is 1. The quantitative estimate of drug-likeness (QED) is 0.748. The van der Waals surface area contributed by atoms with E-state index in [0.717, 1.165) is 19.4 Å². The third-order valence-electron chi connectivity index (χ3n) is 5.34. The first-order chi connectivity index (χ1) is 13.6. The summed E-state index contributed by atoms with van der Waals surface area (Å²) in [6.45, 7) is 4.90. The van der Waals surface area contributed by atoms with E-state index in [1.54, 1.807) is 12.1 Å². The molecule has 3 rings (SSSR count). The summed E-state index contributed by atoms with van der Waals surface area (Å²) in [7, 11) is 0. The fraction of sp³-hybridized carbons (Fsp3) is 0.391. The number of nitrogens with one attached hydrogen (secondary N) is 1. The van der Waals surface area contributed by atoms with Crippen molar-refractivity contribution in [2.45, 2.75) is 51.4 Å². The van der Waals surface area contributed by atoms with Crippen LogP contribution in [-0.4, -0.2) is 41.5 Å². The summed E-state index contributed by atoms with van der Waals surface area (Å²) in [5, 5.41) is 2.92. The maximum Gasteiger partial charge on any atom is 0.338 e. The number of carbonyl (C=O) groups excluding carboxylic acids is 2. The molecule has 2 aromatic rings. The minimum Gasteiger partial charge on any atom is -0.457 e. The van der Waals surface area contributed by atoms with Gasteiger partial charge >= 0.3 is 5.97 Å². The average Bonchev–Trinajstić information content (AvgIpc) is 3.03. The fourth-order valence-corrected chi connectivity index (χ4v) is 3.89. The largest absolute Gasteiger partial charge is 0.457 e. The van der Waals surface area contributed by atoms with E-state index in [-0.39, 0.29) is 24.0 Å². The Kier molecular flexibility index (Phi) is 6.82. The van der Waals surface area contributed by atoms with Gasteiger partial charge in [-0.05, 0) is 24.1 Å². The second-order valence-electron chi connectivity index (χ2n) is 7.27. The number of esters is 1. The Morgan fingerprint density at radius 3 is 2.32 bits per heavy atom. The molecule has 0 radical (unpaired) electrons. The molecular formula is C23H28N2O3. The van der Waals surface area contributed by atoms with Gasteiger partial charge in [0.05, 0.1) is 11.6 Å². The third-order valence-corrected chi connectivity index (χ3v) is 5.34. The zero-order valence-electron chi connectivity index (χ0n) is 16.5. The smallest absolute Gasteiger partial charge is 0.338 e. The van der Waals surface area contributed by atoms with E-state index >= 15 is 0 Å². The van der Waals surface area contributed by atoms with E-state index in [1.165, 1.54) is 12.5 Å². The van der Waals surface area contributed by atoms with Crippen molar-refractivity contribution in [2.24, 2.45) is 0 Å². The molecule has 0 aromatic heterocycles. The monoisotopic (exact) mass is 380 g/mol. The number of carbonyl (C=O) groups is 2. The predicted molar refractivity (Wildman–Crippen MR) is 109 cm³/mol. The van der Waals surface area contributed by atoms with Gasteiger partial charge in [-0.1, -0.05) is 55.5 Å². The van der Waals surface area contributed by atoms with Gasteiger partial charge in [-0.15, -0.1) is 0 Å². The number of ether oxygens (including phenoxy) is 1. The Hall–Kier alpha value is -2.66. The van der Waals surface area contributed by atoms with Gasteiger partial charge in [0.2, 0.25) is 5.91 Å². The van der Waals surface area contributed by atoms with Crippen molar-refractivity contribution in [1.29, 1.82) is 0 Å². The molecule has 1 amide bonds. The van der Waals surface area contributed by atoms with Crippen molar-refractivity contribution < 1.29 is 14.3 Å². The Morgan fingerprint density at radius 1 is 1.07 bits per heavy atom. The first-order valence-electron chi connectivity index (χ1n) is 9.88. The SMILES string of the molecule is CC[C@@H]1C[C@H](OC(=O)c2ccccc2)[C@@H](CNC(C)=O)N1Cc1ccccc1. The van der Waals surface area contributed by atoms with E-state index < -0.39 is 0 Å². The third kappa shape index (κ3) is 4.98. The lowest BCUT2D eigenvalue weighted by Gasteiger charge is -2.31. The van der Waals surface area contributed by atoms with Crippen LogP contribution in [0.4, 0.5) is 0 Å². The molecule has 0 unspecified atom stereocenters. The highest BCUT2D eigenvalue weighted by Crippen LogP contribution is 2.31. The molecule has 0 saturated carbocycles. The molecule has 1 aliphatic heterocycles. The van der Waals surface area contributed by atoms with Crippen molar-refractivity contribution >= 4 is 11.9 Å². The van der Waals surface area contributed by atoms with Crippen LogP contribution in [0.1, 0.15) is 42.6 Å². The molecule has 0 spiro atoms. The molecule has 5 nitrogen and oxygen atoms in total. The maximum absolute atomic E-state index is 12.6. The topological polar surface area (TPSA) is 58.6 Å². The maximum atomic E-state index is 12.6. The standard InChI is InChI=1S/C23H28N2O3/c1-3-20-14-22(28-23(27)19-12-8-5-9-13-19)21(15-24-17(2)26)25(20)16-18-10-6-4-7-11-18/h4-13,20-22H,3,14-16H2,1-2H3,(H,24,26)/t20-,21-,22+/m1/s1. The van der Waals surface area contributed by atoms with E-state index in [0.29, 0.717) is 18.2 Å². The molecule has 1 fully saturated rings. The van der Waals surface area contributed by atoms with Crippen molar-refractivity contribution in [1.82, 2.24) is 10.2 Å². The zero-order valence-corrected chi connectivity index (χ0v) is 16.5. The van der Waals surface area contributed by atoms with Crippen LogP contribution in [-0.2, 0) is 16.1 Å². The van der Waals surface area contributed by atoms with Crippen LogP contribution in [0.3, 0.4) is 0 Å². The van der Waals surface area contributed by atoms with Crippen molar-refractivity contribution in [2.75, 3.05) is 6.54 Å². The molecule has 28 heavy (non-hydrogen) atoms. The number of hydrogen-bond acceptors (Lipinski definition) is 4. The Morgan fingerprint density at radius 2 is 1.71 bits per heavy atom. The highest BCUT2D eigenvalue weighted by Gasteiger charge is 2.42. The summed E-state index contributed by atoms with van der Waals surface area (Å²) in [6, 6.07) is 19.6. The van der Waals surface area contributed by atoms with Crippen LogP contribution in [0.15, 0.2) is 60.7 Å². The van der Waals surface area contributed by atoms with Crippen LogP contribution < -0.4 is 5.32 Å². The molecule has 0 bridgehead atoms. The lowest BCUT2D eigenvalue weighted by molar-refractivity contribution is -0.119. The van der Waals surface area contributed by atoms with Gasteiger partial charge in [-0.3, -0.25) is 9.69 Å². The summed E-state index contributed by atoms with van der Waals surface area (Å²) in [4.78, 5) is 26.5. The van der Waals surface area contributed by atoms with Crippen LogP contribution in [0.2, 0.25) is 0 Å². The number of benzene rings is 2. The number of likely N-dealkylation sites (tertiary alicyclic amines) is 1. The van der Waals surface area contributed by atoms with E-state index in [1.807, 2.05) is 36.4 Å². The Balaban J connectivity index is 1.79. The predicted octanol–water partition coefficient (Wildman–Crippen LogP) is 3.40. The van der Waals surface area contributed by atoms with Crippen molar-refractivity contribution in [3.63, 3.8) is 0 Å². The number of nitrogens with zero attached hydrogens (tertiary/aromatic N) is 1. The first-order valence-corrected chi connectivity index (χ1v) is 9.88. The lowest BCUT2D eigenvalue weighted by atomic mass is 10.1. The summed E-state index contributed by atoms with van der Waals surface area (Å²) in [6.07, 6.45) is 1.47. The Labute approximate surface area is 166 Å². The number of rotatable bonds is 7. The highest BCUT2D eigenvalue weighted by atomic mass is 16.5. The van der Waals surface area contributed by atoms with Crippen LogP contribution in [0.5, 0.6) is 0 Å². The average molecular weight is 380 g/mol. The summed E-state index contributed by atoms with van der Waals surface area (Å²) in [5.74, 6) is -0.386. The molecular weight excluding hydrogens is 352 g/mol. The molecule has 2 aromatic carbocycles. The summed E-state index contributed by atoms with van der Waals surface area (Å²) < 4.78 is 5.91. The van der Waals surface area contributed by atoms with Crippen molar-refractivity contribution in [3.8, 4) is 0 Å². The number of hydrogen-bond donors (Lipinski definition) is 1. The van der Waals surface area contributed by atoms with Gasteiger partial charge in [0.25, 0.3) is 0 Å². The van der Waals surface area contributed by atoms with Crippen LogP contribution >= 0.6 is 0 Å². The lowest BCUT2D eigenvalue weighted by Crippen LogP contribution is -2.46. The Bertz CT molecular complexity index is 779. The van der Waals surface area contributed by atoms with Gasteiger partial charge in [-0.25, -0.2) is 4.79 Å². The van der Waals surface area contributed by atoms with Gasteiger partial charge < -0.3 is 10.1 Å². The normalized spacial score (nSPS) is 22.0. The van der Waals surface area contributed by atoms with Gasteiger partial charge in [0, 0.05) is 32.5 Å². The minimum atomic E-state index is -0.310. The molecule has 1 heterocycles. The fourth-order valence-electron chi connectivity index (χ4n) is 3.89. The minimum absolute atomic E-state index is 0.0540. The van der Waals surface area contributed by atoms with E-state index in [2.05, 4.69) is 29.3 Å². The molecule has 0 aliphatic carbocycles. The van der Waals surface area contributed by atoms with Gasteiger partial charge in [-0.2, -0.15) is 0 Å². The molecule has 1 aliphatic rings. The second-order valence-corrected chi connectivity index (χ2v) is 7.27. The molecule has 1 saturated heterocycles. The highest BCUT2D eigenvalue weighted by molar-refractivity contribution is 5.89. The zero-order chi connectivity index (χ0) is 19.9. The van der Waals surface area contributed by atoms with E-state index in [4.69, 9.17) is 4.74 Å². The molecule has 3 atom stereocenters. The summed E-state index contributed by atoms with van der Waals surface area (Å²) in [5.41, 5.74) is 1.76. The van der Waals surface area contributed by atoms with Gasteiger partial charge in [0.15, 0.2) is 0 Å². The molecule has 148 valence electrons. The van der Waals surface area contributed by atoms with Crippen LogP contribution in [0, 0.1) is 0 Å². The van der Waals surface area contributed by atoms with Crippen molar-refractivity contribution in [3.05, 3.63) is 71.8 Å². The molecule has 1 N–H and O–H groups in total. The van der Waals surface area contributed by atoms with Gasteiger partial charge in [0.1, 0.15) is 6.10 Å². The molecule has 5 heteroatoms. The summed E-state index contributed by atoms with van der Waals surface area (Å²) >= 11 is 0. The van der Waals surface area contributed by atoms with E-state index in [9.17, 15) is 9.59 Å². The first kappa shape index (κ1) is 20.1. The second kappa shape index (κ2) is 9.51. The van der Waals surface area contributed by atoms with Crippen LogP contribution in [0.25, 0.3) is 0 Å².